The van der Waals surface area contributed by atoms with E-state index in [0.717, 1.165) is 18.2 Å². The van der Waals surface area contributed by atoms with E-state index < -0.39 is 36.4 Å². The molecule has 0 atom stereocenters. The van der Waals surface area contributed by atoms with Crippen molar-refractivity contribution in [2.75, 3.05) is 0 Å². The first kappa shape index (κ1) is 24.9. The van der Waals surface area contributed by atoms with Gasteiger partial charge in [0.25, 0.3) is 0 Å². The third-order valence-corrected chi connectivity index (χ3v) is 4.80. The van der Waals surface area contributed by atoms with E-state index in [2.05, 4.69) is 4.74 Å². The van der Waals surface area contributed by atoms with Crippen molar-refractivity contribution in [1.82, 2.24) is 0 Å². The average Bonchev–Trinajstić information content (AvgIpc) is 2.75. The normalized spacial score (nSPS) is 11.8. The van der Waals surface area contributed by atoms with Gasteiger partial charge in [-0.05, 0) is 53.4 Å². The van der Waals surface area contributed by atoms with E-state index in [1.165, 1.54) is 36.4 Å². The second kappa shape index (κ2) is 10.1. The van der Waals surface area contributed by atoms with E-state index in [9.17, 15) is 31.1 Å². The molecule has 3 rings (SSSR count). The maximum Gasteiger partial charge on any atom is 0.573 e. The number of ether oxygens (including phenoxy) is 2. The molecule has 0 aliphatic rings. The first-order valence-electron chi connectivity index (χ1n) is 9.91. The van der Waals surface area contributed by atoms with Gasteiger partial charge < -0.3 is 14.6 Å². The monoisotopic (exact) mass is 484 g/mol. The number of halogens is 6. The Morgan fingerprint density at radius 1 is 0.824 bits per heavy atom. The lowest BCUT2D eigenvalue weighted by atomic mass is 10.00. The van der Waals surface area contributed by atoms with Gasteiger partial charge in [-0.2, -0.15) is 13.2 Å². The van der Waals surface area contributed by atoms with Crippen LogP contribution in [0.4, 0.5) is 26.3 Å². The highest BCUT2D eigenvalue weighted by molar-refractivity contribution is 5.69. The number of benzene rings is 3. The summed E-state index contributed by atoms with van der Waals surface area (Å²) in [5.41, 5.74) is 0.602. The Balaban J connectivity index is 1.85. The van der Waals surface area contributed by atoms with Crippen LogP contribution < -0.4 is 9.47 Å². The number of aliphatic carboxylic acids is 1. The summed E-state index contributed by atoms with van der Waals surface area (Å²) in [6.07, 6.45) is -9.60. The molecule has 0 aliphatic heterocycles. The van der Waals surface area contributed by atoms with Gasteiger partial charge in [0.2, 0.25) is 0 Å². The van der Waals surface area contributed by atoms with Crippen LogP contribution in [0, 0.1) is 0 Å². The number of rotatable bonds is 8. The molecule has 0 aliphatic carbocycles. The zero-order chi connectivity index (χ0) is 24.9. The van der Waals surface area contributed by atoms with Crippen molar-refractivity contribution in [2.24, 2.45) is 0 Å². The number of aryl methyl sites for hydroxylation is 1. The van der Waals surface area contributed by atoms with Gasteiger partial charge in [-0.1, -0.05) is 36.4 Å². The fraction of sp³-hybridized carbons (Fsp3) is 0.208. The van der Waals surface area contributed by atoms with Gasteiger partial charge in [-0.25, -0.2) is 0 Å². The number of carboxylic acids is 1. The van der Waals surface area contributed by atoms with Crippen LogP contribution in [0.5, 0.6) is 11.5 Å². The molecule has 180 valence electrons. The molecule has 34 heavy (non-hydrogen) atoms. The third kappa shape index (κ3) is 6.90. The summed E-state index contributed by atoms with van der Waals surface area (Å²) in [7, 11) is 0. The molecule has 0 fully saturated rings. The third-order valence-electron chi connectivity index (χ3n) is 4.80. The van der Waals surface area contributed by atoms with Gasteiger partial charge >= 0.3 is 18.5 Å². The summed E-state index contributed by atoms with van der Waals surface area (Å²) in [6, 6.07) is 14.7. The molecule has 0 aromatic heterocycles. The van der Waals surface area contributed by atoms with Crippen LogP contribution in [-0.4, -0.2) is 17.4 Å². The van der Waals surface area contributed by atoms with Crippen LogP contribution in [0.15, 0.2) is 66.7 Å². The molecule has 0 saturated carbocycles. The predicted molar refractivity (Wildman–Crippen MR) is 110 cm³/mol. The SMILES string of the molecule is O=C(O)CCc1cc(-c2ccc(OC(F)(F)F)cc2)ccc1OCc1ccccc1C(F)(F)F. The zero-order valence-electron chi connectivity index (χ0n) is 17.4. The minimum atomic E-state index is -4.82. The van der Waals surface area contributed by atoms with Crippen LogP contribution in [0.3, 0.4) is 0 Å². The van der Waals surface area contributed by atoms with Crippen molar-refractivity contribution in [2.45, 2.75) is 32.0 Å². The van der Waals surface area contributed by atoms with E-state index in [1.54, 1.807) is 12.1 Å². The molecule has 0 radical (unpaired) electrons. The van der Waals surface area contributed by atoms with E-state index >= 15 is 0 Å². The van der Waals surface area contributed by atoms with Crippen molar-refractivity contribution >= 4 is 5.97 Å². The summed E-state index contributed by atoms with van der Waals surface area (Å²) in [5, 5.41) is 9.04. The first-order valence-corrected chi connectivity index (χ1v) is 9.91. The minimum absolute atomic E-state index is 0.0364. The average molecular weight is 484 g/mol. The molecule has 3 aromatic rings. The predicted octanol–water partition coefficient (Wildman–Crippen LogP) is 6.87. The van der Waals surface area contributed by atoms with Crippen LogP contribution >= 0.6 is 0 Å². The van der Waals surface area contributed by atoms with Crippen LogP contribution in [-0.2, 0) is 24.0 Å². The van der Waals surface area contributed by atoms with Crippen molar-refractivity contribution in [3.05, 3.63) is 83.4 Å². The highest BCUT2D eigenvalue weighted by Gasteiger charge is 2.33. The highest BCUT2D eigenvalue weighted by atomic mass is 19.4. The Morgan fingerprint density at radius 2 is 1.47 bits per heavy atom. The van der Waals surface area contributed by atoms with Gasteiger partial charge in [0.1, 0.15) is 18.1 Å². The second-order valence-electron chi connectivity index (χ2n) is 7.23. The Bertz CT molecular complexity index is 1140. The summed E-state index contributed by atoms with van der Waals surface area (Å²) in [5.74, 6) is -1.27. The lowest BCUT2D eigenvalue weighted by Gasteiger charge is -2.16. The summed E-state index contributed by atoms with van der Waals surface area (Å²) in [4.78, 5) is 11.1. The second-order valence-corrected chi connectivity index (χ2v) is 7.23. The maximum atomic E-state index is 13.2. The number of carboxylic acid groups (broad SMARTS) is 1. The molecular formula is C24H18F6O4. The lowest BCUT2D eigenvalue weighted by Crippen LogP contribution is -2.16. The Hall–Kier alpha value is -3.69. The zero-order valence-corrected chi connectivity index (χ0v) is 17.4. The number of hydrogen-bond donors (Lipinski definition) is 1. The molecular weight excluding hydrogens is 466 g/mol. The molecule has 0 bridgehead atoms. The molecule has 0 spiro atoms. The molecule has 1 N–H and O–H groups in total. The summed E-state index contributed by atoms with van der Waals surface area (Å²) < 4.78 is 86.2. The minimum Gasteiger partial charge on any atom is -0.489 e. The topological polar surface area (TPSA) is 55.8 Å². The molecule has 10 heteroatoms. The fourth-order valence-corrected chi connectivity index (χ4v) is 3.26. The Kier molecular flexibility index (Phi) is 7.38. The van der Waals surface area contributed by atoms with E-state index in [-0.39, 0.29) is 24.2 Å². The summed E-state index contributed by atoms with van der Waals surface area (Å²) >= 11 is 0. The largest absolute Gasteiger partial charge is 0.573 e. The molecule has 0 heterocycles. The summed E-state index contributed by atoms with van der Waals surface area (Å²) in [6.45, 7) is -0.390. The molecule has 0 amide bonds. The van der Waals surface area contributed by atoms with E-state index in [1.807, 2.05) is 0 Å². The quantitative estimate of drug-likeness (QED) is 0.355. The van der Waals surface area contributed by atoms with Gasteiger partial charge in [0.15, 0.2) is 0 Å². The molecule has 4 nitrogen and oxygen atoms in total. The van der Waals surface area contributed by atoms with Gasteiger partial charge in [-0.3, -0.25) is 4.79 Å². The van der Waals surface area contributed by atoms with Gasteiger partial charge in [0, 0.05) is 12.0 Å². The van der Waals surface area contributed by atoms with Crippen molar-refractivity contribution in [3.63, 3.8) is 0 Å². The maximum absolute atomic E-state index is 13.2. The Labute approximate surface area is 190 Å². The lowest BCUT2D eigenvalue weighted by molar-refractivity contribution is -0.274. The first-order chi connectivity index (χ1) is 15.9. The smallest absolute Gasteiger partial charge is 0.489 e. The van der Waals surface area contributed by atoms with E-state index in [0.29, 0.717) is 16.7 Å². The molecule has 3 aromatic carbocycles. The number of carbonyl (C=O) groups is 1. The van der Waals surface area contributed by atoms with Crippen LogP contribution in [0.25, 0.3) is 11.1 Å². The van der Waals surface area contributed by atoms with Gasteiger partial charge in [-0.15, -0.1) is 13.2 Å². The molecule has 0 saturated heterocycles. The van der Waals surface area contributed by atoms with Crippen LogP contribution in [0.2, 0.25) is 0 Å². The van der Waals surface area contributed by atoms with Crippen molar-refractivity contribution < 1.29 is 45.7 Å². The molecule has 0 unspecified atom stereocenters. The van der Waals surface area contributed by atoms with Gasteiger partial charge in [0.05, 0.1) is 5.56 Å². The van der Waals surface area contributed by atoms with Crippen molar-refractivity contribution in [3.8, 4) is 22.6 Å². The van der Waals surface area contributed by atoms with Crippen LogP contribution in [0.1, 0.15) is 23.1 Å². The van der Waals surface area contributed by atoms with E-state index in [4.69, 9.17) is 9.84 Å². The van der Waals surface area contributed by atoms with Crippen molar-refractivity contribution in [1.29, 1.82) is 0 Å². The number of hydrogen-bond acceptors (Lipinski definition) is 3. The standard InChI is InChI=1S/C24H18F6O4/c25-23(26,27)20-4-2-1-3-18(20)14-33-21-11-7-16(13-17(21)8-12-22(31)32)15-5-9-19(10-6-15)34-24(28,29)30/h1-7,9-11,13H,8,12,14H2,(H,31,32). The Morgan fingerprint density at radius 3 is 2.09 bits per heavy atom. The highest BCUT2D eigenvalue weighted by Crippen LogP contribution is 2.34. The fourth-order valence-electron chi connectivity index (χ4n) is 3.26. The number of alkyl halides is 6.